The van der Waals surface area contributed by atoms with Crippen LogP contribution in [0.4, 0.5) is 0 Å². The SMILES string of the molecule is Clc1csc(-c2cnc[nH]2)c1. The molecular weight excluding hydrogens is 180 g/mol. The Kier molecular flexibility index (Phi) is 1.68. The summed E-state index contributed by atoms with van der Waals surface area (Å²) in [5.74, 6) is 0. The van der Waals surface area contributed by atoms with Gasteiger partial charge in [0.05, 0.1) is 28.1 Å². The van der Waals surface area contributed by atoms with E-state index in [0.717, 1.165) is 15.6 Å². The third-order valence-corrected chi connectivity index (χ3v) is 2.64. The zero-order chi connectivity index (χ0) is 7.68. The van der Waals surface area contributed by atoms with Crippen LogP contribution in [0.25, 0.3) is 10.6 Å². The molecule has 2 rings (SSSR count). The van der Waals surface area contributed by atoms with Crippen molar-refractivity contribution in [3.8, 4) is 10.6 Å². The largest absolute Gasteiger partial charge is 0.344 e. The number of imidazole rings is 1. The number of nitrogens with zero attached hydrogens (tertiary/aromatic N) is 1. The van der Waals surface area contributed by atoms with Crippen molar-refractivity contribution in [2.45, 2.75) is 0 Å². The second-order valence-electron chi connectivity index (χ2n) is 2.09. The molecule has 11 heavy (non-hydrogen) atoms. The monoisotopic (exact) mass is 184 g/mol. The van der Waals surface area contributed by atoms with E-state index in [9.17, 15) is 0 Å². The molecule has 2 aromatic heterocycles. The normalized spacial score (nSPS) is 10.3. The molecule has 2 heterocycles. The van der Waals surface area contributed by atoms with Crippen molar-refractivity contribution >= 4 is 22.9 Å². The second-order valence-corrected chi connectivity index (χ2v) is 3.44. The van der Waals surface area contributed by atoms with E-state index in [-0.39, 0.29) is 0 Å². The highest BCUT2D eigenvalue weighted by Gasteiger charge is 2.00. The maximum Gasteiger partial charge on any atom is 0.0924 e. The molecule has 0 saturated carbocycles. The molecule has 2 aromatic rings. The van der Waals surface area contributed by atoms with Crippen LogP contribution < -0.4 is 0 Å². The van der Waals surface area contributed by atoms with Crippen molar-refractivity contribution < 1.29 is 0 Å². The molecule has 0 aliphatic rings. The van der Waals surface area contributed by atoms with Crippen molar-refractivity contribution in [1.29, 1.82) is 0 Å². The van der Waals surface area contributed by atoms with Crippen LogP contribution in [0.2, 0.25) is 5.02 Å². The van der Waals surface area contributed by atoms with Gasteiger partial charge in [-0.05, 0) is 6.07 Å². The van der Waals surface area contributed by atoms with Crippen molar-refractivity contribution in [3.05, 3.63) is 29.0 Å². The van der Waals surface area contributed by atoms with Gasteiger partial charge in [-0.3, -0.25) is 0 Å². The minimum atomic E-state index is 0.777. The van der Waals surface area contributed by atoms with Gasteiger partial charge in [0.2, 0.25) is 0 Å². The topological polar surface area (TPSA) is 28.7 Å². The predicted molar refractivity (Wildman–Crippen MR) is 46.9 cm³/mol. The molecule has 0 fully saturated rings. The molecule has 0 aliphatic carbocycles. The van der Waals surface area contributed by atoms with Gasteiger partial charge in [0.1, 0.15) is 0 Å². The summed E-state index contributed by atoms with van der Waals surface area (Å²) in [6.07, 6.45) is 3.44. The predicted octanol–water partition coefficient (Wildman–Crippen LogP) is 2.79. The molecule has 0 unspecified atom stereocenters. The number of hydrogen-bond donors (Lipinski definition) is 1. The fourth-order valence-electron chi connectivity index (χ4n) is 0.845. The summed E-state index contributed by atoms with van der Waals surface area (Å²) in [4.78, 5) is 8.04. The van der Waals surface area contributed by atoms with E-state index < -0.39 is 0 Å². The second kappa shape index (κ2) is 2.68. The smallest absolute Gasteiger partial charge is 0.0924 e. The third-order valence-electron chi connectivity index (χ3n) is 1.33. The Bertz CT molecular complexity index is 339. The van der Waals surface area contributed by atoms with Crippen LogP contribution in [0.15, 0.2) is 24.0 Å². The molecule has 0 spiro atoms. The van der Waals surface area contributed by atoms with Gasteiger partial charge in [0, 0.05) is 5.38 Å². The van der Waals surface area contributed by atoms with Crippen LogP contribution >= 0.6 is 22.9 Å². The highest BCUT2D eigenvalue weighted by molar-refractivity contribution is 7.14. The Hall–Kier alpha value is -0.800. The molecule has 4 heteroatoms. The van der Waals surface area contributed by atoms with Crippen LogP contribution in [0.3, 0.4) is 0 Å². The standard InChI is InChI=1S/C7H5ClN2S/c8-5-1-7(11-3-5)6-2-9-4-10-6/h1-4H,(H,9,10). The van der Waals surface area contributed by atoms with E-state index in [1.165, 1.54) is 0 Å². The molecule has 2 nitrogen and oxygen atoms in total. The highest BCUT2D eigenvalue weighted by Crippen LogP contribution is 2.27. The maximum atomic E-state index is 5.75. The van der Waals surface area contributed by atoms with Gasteiger partial charge in [-0.1, -0.05) is 11.6 Å². The van der Waals surface area contributed by atoms with Gasteiger partial charge in [0.15, 0.2) is 0 Å². The zero-order valence-electron chi connectivity index (χ0n) is 5.54. The number of aromatic amines is 1. The fourth-order valence-corrected chi connectivity index (χ4v) is 1.89. The number of thiophene rings is 1. The van der Waals surface area contributed by atoms with E-state index >= 15 is 0 Å². The molecule has 0 radical (unpaired) electrons. The molecule has 0 saturated heterocycles. The van der Waals surface area contributed by atoms with Gasteiger partial charge in [-0.25, -0.2) is 4.98 Å². The van der Waals surface area contributed by atoms with E-state index in [1.807, 2.05) is 11.4 Å². The van der Waals surface area contributed by atoms with Crippen LogP contribution in [0.1, 0.15) is 0 Å². The van der Waals surface area contributed by atoms with E-state index in [1.54, 1.807) is 23.9 Å². The molecule has 56 valence electrons. The van der Waals surface area contributed by atoms with Crippen molar-refractivity contribution in [3.63, 3.8) is 0 Å². The number of hydrogen-bond acceptors (Lipinski definition) is 2. The molecule has 0 bridgehead atoms. The van der Waals surface area contributed by atoms with Crippen molar-refractivity contribution in [2.24, 2.45) is 0 Å². The summed E-state index contributed by atoms with van der Waals surface area (Å²) in [6, 6.07) is 1.92. The van der Waals surface area contributed by atoms with Gasteiger partial charge >= 0.3 is 0 Å². The van der Waals surface area contributed by atoms with Gasteiger partial charge in [0.25, 0.3) is 0 Å². The van der Waals surface area contributed by atoms with Crippen LogP contribution in [-0.2, 0) is 0 Å². The van der Waals surface area contributed by atoms with E-state index in [2.05, 4.69) is 9.97 Å². The molecule has 1 N–H and O–H groups in total. The lowest BCUT2D eigenvalue weighted by molar-refractivity contribution is 1.32. The van der Waals surface area contributed by atoms with Crippen LogP contribution in [0, 0.1) is 0 Å². The van der Waals surface area contributed by atoms with Crippen molar-refractivity contribution in [1.82, 2.24) is 9.97 Å². The maximum absolute atomic E-state index is 5.75. The highest BCUT2D eigenvalue weighted by atomic mass is 35.5. The Morgan fingerprint density at radius 3 is 3.00 bits per heavy atom. The van der Waals surface area contributed by atoms with E-state index in [4.69, 9.17) is 11.6 Å². The number of rotatable bonds is 1. The number of aromatic nitrogens is 2. The van der Waals surface area contributed by atoms with Crippen LogP contribution in [0.5, 0.6) is 0 Å². The van der Waals surface area contributed by atoms with Gasteiger partial charge in [-0.15, -0.1) is 11.3 Å². The van der Waals surface area contributed by atoms with Gasteiger partial charge < -0.3 is 4.98 Å². The average Bonchev–Trinajstić information content (AvgIpc) is 2.55. The summed E-state index contributed by atoms with van der Waals surface area (Å²) in [5.41, 5.74) is 1.02. The Morgan fingerprint density at radius 2 is 2.45 bits per heavy atom. The molecule has 0 amide bonds. The molecule has 0 aliphatic heterocycles. The number of nitrogens with one attached hydrogen (secondary N) is 1. The summed E-state index contributed by atoms with van der Waals surface area (Å²) >= 11 is 7.36. The molecule has 0 aromatic carbocycles. The van der Waals surface area contributed by atoms with E-state index in [0.29, 0.717) is 0 Å². The lowest BCUT2D eigenvalue weighted by atomic mass is 10.4. The fraction of sp³-hybridized carbons (Fsp3) is 0. The average molecular weight is 185 g/mol. The lowest BCUT2D eigenvalue weighted by Gasteiger charge is -1.85. The Balaban J connectivity index is 2.45. The quantitative estimate of drug-likeness (QED) is 0.726. The summed E-state index contributed by atoms with van der Waals surface area (Å²) in [7, 11) is 0. The lowest BCUT2D eigenvalue weighted by Crippen LogP contribution is -1.66. The Morgan fingerprint density at radius 1 is 1.55 bits per heavy atom. The first-order valence-electron chi connectivity index (χ1n) is 3.09. The third kappa shape index (κ3) is 1.29. The first-order valence-corrected chi connectivity index (χ1v) is 4.35. The van der Waals surface area contributed by atoms with Gasteiger partial charge in [-0.2, -0.15) is 0 Å². The first-order chi connectivity index (χ1) is 5.36. The van der Waals surface area contributed by atoms with Crippen LogP contribution in [-0.4, -0.2) is 9.97 Å². The molecule has 0 atom stereocenters. The summed E-state index contributed by atoms with van der Waals surface area (Å²) in [5, 5.41) is 2.68. The number of halogens is 1. The minimum absolute atomic E-state index is 0.777. The minimum Gasteiger partial charge on any atom is -0.344 e. The zero-order valence-corrected chi connectivity index (χ0v) is 7.12. The summed E-state index contributed by atoms with van der Waals surface area (Å²) in [6.45, 7) is 0. The van der Waals surface area contributed by atoms with Crippen molar-refractivity contribution in [2.75, 3.05) is 0 Å². The number of H-pyrrole nitrogens is 1. The first kappa shape index (κ1) is 6.88. The summed E-state index contributed by atoms with van der Waals surface area (Å²) < 4.78 is 0. The molecular formula is C7H5ClN2S. The Labute approximate surface area is 72.9 Å².